The maximum absolute atomic E-state index is 2.53. The fourth-order valence-electron chi connectivity index (χ4n) is 10.7. The molecule has 5 unspecified atom stereocenters. The second-order valence-corrected chi connectivity index (χ2v) is 16.0. The lowest BCUT2D eigenvalue weighted by molar-refractivity contribution is 0.407. The number of anilines is 3. The van der Waals surface area contributed by atoms with Crippen molar-refractivity contribution in [1.82, 2.24) is 0 Å². The Hall–Kier alpha value is -3.84. The Kier molecular flexibility index (Phi) is 7.29. The van der Waals surface area contributed by atoms with Gasteiger partial charge in [-0.3, -0.25) is 0 Å². The summed E-state index contributed by atoms with van der Waals surface area (Å²) >= 11 is 0. The Morgan fingerprint density at radius 3 is 2.04 bits per heavy atom. The van der Waals surface area contributed by atoms with E-state index in [4.69, 9.17) is 0 Å². The van der Waals surface area contributed by atoms with Gasteiger partial charge >= 0.3 is 0 Å². The van der Waals surface area contributed by atoms with Gasteiger partial charge in [-0.2, -0.15) is 0 Å². The van der Waals surface area contributed by atoms with Crippen LogP contribution >= 0.6 is 0 Å². The quantitative estimate of drug-likeness (QED) is 0.209. The van der Waals surface area contributed by atoms with Crippen LogP contribution in [0.15, 0.2) is 115 Å². The van der Waals surface area contributed by atoms with Crippen LogP contribution in [0.2, 0.25) is 0 Å². The third kappa shape index (κ3) is 5.04. The summed E-state index contributed by atoms with van der Waals surface area (Å²) in [4.78, 5) is 2.53. The molecule has 5 aliphatic carbocycles. The number of nitrogens with zero attached hydrogens (tertiary/aromatic N) is 1. The molecule has 47 heavy (non-hydrogen) atoms. The summed E-state index contributed by atoms with van der Waals surface area (Å²) in [6.07, 6.45) is 19.7. The molecule has 3 fully saturated rings. The molecule has 4 aromatic carbocycles. The zero-order chi connectivity index (χ0) is 31.5. The van der Waals surface area contributed by atoms with Crippen molar-refractivity contribution < 1.29 is 0 Å². The van der Waals surface area contributed by atoms with Gasteiger partial charge in [0.1, 0.15) is 0 Å². The first-order valence-corrected chi connectivity index (χ1v) is 18.6. The number of benzene rings is 4. The van der Waals surface area contributed by atoms with Crippen LogP contribution in [-0.2, 0) is 5.41 Å². The molecule has 5 aliphatic rings. The molecular formula is C46H49N. The topological polar surface area (TPSA) is 3.24 Å². The molecule has 3 saturated carbocycles. The van der Waals surface area contributed by atoms with E-state index in [9.17, 15) is 0 Å². The van der Waals surface area contributed by atoms with Crippen molar-refractivity contribution >= 4 is 22.6 Å². The first-order chi connectivity index (χ1) is 23.0. The zero-order valence-electron chi connectivity index (χ0n) is 28.2. The summed E-state index contributed by atoms with van der Waals surface area (Å²) in [7, 11) is 0. The van der Waals surface area contributed by atoms with Crippen LogP contribution in [-0.4, -0.2) is 0 Å². The fourth-order valence-corrected chi connectivity index (χ4v) is 10.7. The fraction of sp³-hybridized carbons (Fsp3) is 0.391. The van der Waals surface area contributed by atoms with Crippen molar-refractivity contribution in [3.63, 3.8) is 0 Å². The van der Waals surface area contributed by atoms with Crippen LogP contribution < -0.4 is 4.90 Å². The van der Waals surface area contributed by atoms with Gasteiger partial charge in [-0.1, -0.05) is 118 Å². The van der Waals surface area contributed by atoms with E-state index >= 15 is 0 Å². The number of fused-ring (bicyclic) bond motifs is 5. The molecule has 0 N–H and O–H groups in total. The monoisotopic (exact) mass is 615 g/mol. The van der Waals surface area contributed by atoms with Crippen LogP contribution in [0, 0.1) is 17.8 Å². The molecule has 1 heteroatoms. The van der Waals surface area contributed by atoms with E-state index < -0.39 is 0 Å². The normalized spacial score (nSPS) is 27.4. The minimum atomic E-state index is 0.00456. The van der Waals surface area contributed by atoms with E-state index in [1.807, 2.05) is 0 Å². The highest BCUT2D eigenvalue weighted by molar-refractivity contribution is 5.80. The first kappa shape index (κ1) is 29.3. The summed E-state index contributed by atoms with van der Waals surface area (Å²) in [5.41, 5.74) is 12.7. The molecule has 0 aromatic heterocycles. The smallest absolute Gasteiger partial charge is 0.0464 e. The van der Waals surface area contributed by atoms with Crippen molar-refractivity contribution in [1.29, 1.82) is 0 Å². The molecule has 0 radical (unpaired) electrons. The summed E-state index contributed by atoms with van der Waals surface area (Å²) in [5, 5.41) is 0. The van der Waals surface area contributed by atoms with Crippen LogP contribution in [0.25, 0.3) is 5.57 Å². The highest BCUT2D eigenvalue weighted by Gasteiger charge is 2.48. The van der Waals surface area contributed by atoms with Crippen molar-refractivity contribution in [3.8, 4) is 0 Å². The summed E-state index contributed by atoms with van der Waals surface area (Å²) < 4.78 is 0. The molecule has 5 atom stereocenters. The molecule has 9 rings (SSSR count). The second-order valence-electron chi connectivity index (χ2n) is 16.0. The molecule has 238 valence electrons. The predicted molar refractivity (Wildman–Crippen MR) is 198 cm³/mol. The van der Waals surface area contributed by atoms with Gasteiger partial charge in [-0.15, -0.1) is 0 Å². The molecule has 0 saturated heterocycles. The largest absolute Gasteiger partial charge is 0.310 e. The van der Waals surface area contributed by atoms with Crippen molar-refractivity contribution in [3.05, 3.63) is 143 Å². The summed E-state index contributed by atoms with van der Waals surface area (Å²) in [5.74, 6) is 4.17. The summed E-state index contributed by atoms with van der Waals surface area (Å²) in [6, 6.07) is 37.8. The Balaban J connectivity index is 1.10. The molecule has 0 amide bonds. The first-order valence-electron chi connectivity index (χ1n) is 18.6. The maximum atomic E-state index is 2.53. The van der Waals surface area contributed by atoms with E-state index in [0.29, 0.717) is 11.8 Å². The SMILES string of the molecule is CC1(C)c2cc(N(c3ccc(C4CCCCC4)cc3)c3ccc(C4CC5CCC4C5)cc3)ccc2C2C=CC=C(c3ccccc3)C21. The van der Waals surface area contributed by atoms with Crippen molar-refractivity contribution in [2.24, 2.45) is 17.8 Å². The molecule has 0 spiro atoms. The highest BCUT2D eigenvalue weighted by Crippen LogP contribution is 2.58. The lowest BCUT2D eigenvalue weighted by Gasteiger charge is -2.35. The van der Waals surface area contributed by atoms with Crippen LogP contribution in [0.1, 0.15) is 117 Å². The molecule has 0 heterocycles. The van der Waals surface area contributed by atoms with E-state index in [1.54, 1.807) is 5.56 Å². The lowest BCUT2D eigenvalue weighted by Crippen LogP contribution is -2.28. The Morgan fingerprint density at radius 2 is 1.36 bits per heavy atom. The van der Waals surface area contributed by atoms with E-state index in [2.05, 4.69) is 134 Å². The van der Waals surface area contributed by atoms with Crippen LogP contribution in [0.3, 0.4) is 0 Å². The van der Waals surface area contributed by atoms with Crippen LogP contribution in [0.4, 0.5) is 17.1 Å². The standard InChI is InChI=1S/C46H49N/c1-46(2)44-30-39(26-27-41(44)42-15-9-14-40(45(42)46)34-12-7-4-8-13-34)47(37-22-18-33(19-23-37)32-10-5-3-6-11-32)38-24-20-35(21-25-38)43-29-31-16-17-36(43)28-31/h4,7-9,12-15,18-27,30-32,36,42-43,45H,3,5-6,10-11,16-17,28-29H2,1-2H3. The van der Waals surface area contributed by atoms with E-state index in [-0.39, 0.29) is 5.41 Å². The van der Waals surface area contributed by atoms with Gasteiger partial charge in [-0.05, 0) is 131 Å². The van der Waals surface area contributed by atoms with Gasteiger partial charge in [-0.25, -0.2) is 0 Å². The lowest BCUT2D eigenvalue weighted by atomic mass is 9.68. The molecule has 1 nitrogen and oxygen atoms in total. The van der Waals surface area contributed by atoms with Crippen molar-refractivity contribution in [2.75, 3.05) is 4.90 Å². The molecular weight excluding hydrogens is 567 g/mol. The van der Waals surface area contributed by atoms with Gasteiger partial charge in [0.25, 0.3) is 0 Å². The molecule has 4 aromatic rings. The maximum Gasteiger partial charge on any atom is 0.0464 e. The number of allylic oxidation sites excluding steroid dienone is 4. The molecule has 0 aliphatic heterocycles. The highest BCUT2D eigenvalue weighted by atomic mass is 15.1. The Bertz CT molecular complexity index is 1800. The minimum Gasteiger partial charge on any atom is -0.310 e. The van der Waals surface area contributed by atoms with Gasteiger partial charge < -0.3 is 4.90 Å². The van der Waals surface area contributed by atoms with Gasteiger partial charge in [0.15, 0.2) is 0 Å². The number of rotatable bonds is 6. The number of hydrogen-bond acceptors (Lipinski definition) is 1. The predicted octanol–water partition coefficient (Wildman–Crippen LogP) is 12.8. The van der Waals surface area contributed by atoms with Crippen LogP contribution in [0.5, 0.6) is 0 Å². The van der Waals surface area contributed by atoms with Crippen molar-refractivity contribution in [2.45, 2.75) is 94.8 Å². The van der Waals surface area contributed by atoms with Gasteiger partial charge in [0.05, 0.1) is 0 Å². The minimum absolute atomic E-state index is 0.00456. The van der Waals surface area contributed by atoms with E-state index in [1.165, 1.54) is 103 Å². The average Bonchev–Trinajstić information content (AvgIpc) is 3.83. The Morgan fingerprint density at radius 1 is 0.660 bits per heavy atom. The van der Waals surface area contributed by atoms with Gasteiger partial charge in [0, 0.05) is 28.9 Å². The number of hydrogen-bond donors (Lipinski definition) is 0. The zero-order valence-corrected chi connectivity index (χ0v) is 28.2. The van der Waals surface area contributed by atoms with Gasteiger partial charge in [0.2, 0.25) is 0 Å². The third-order valence-corrected chi connectivity index (χ3v) is 13.1. The molecule has 2 bridgehead atoms. The second kappa shape index (κ2) is 11.7. The average molecular weight is 616 g/mol. The Labute approximate surface area is 282 Å². The summed E-state index contributed by atoms with van der Waals surface area (Å²) in [6.45, 7) is 4.95. The third-order valence-electron chi connectivity index (χ3n) is 13.1. The van der Waals surface area contributed by atoms with E-state index in [0.717, 1.165) is 23.7 Å².